The molecule has 2 rings (SSSR count). The first-order valence-electron chi connectivity index (χ1n) is 6.35. The van der Waals surface area contributed by atoms with Gasteiger partial charge in [0.2, 0.25) is 10.0 Å². The number of hydrogen-bond acceptors (Lipinski definition) is 3. The van der Waals surface area contributed by atoms with Gasteiger partial charge in [-0.25, -0.2) is 8.42 Å². The van der Waals surface area contributed by atoms with Gasteiger partial charge in [-0.05, 0) is 18.4 Å². The summed E-state index contributed by atoms with van der Waals surface area (Å²) in [6.45, 7) is 0.315. The molecule has 3 N–H and O–H groups in total. The van der Waals surface area contributed by atoms with E-state index in [1.807, 2.05) is 30.3 Å². The lowest BCUT2D eigenvalue weighted by molar-refractivity contribution is 0.412. The average Bonchev–Trinajstić information content (AvgIpc) is 3.13. The molecule has 1 fully saturated rings. The van der Waals surface area contributed by atoms with Crippen molar-refractivity contribution < 1.29 is 8.42 Å². The number of hydrogen-bond donors (Lipinski definition) is 2. The Morgan fingerprint density at radius 3 is 2.47 bits per heavy atom. The van der Waals surface area contributed by atoms with Crippen molar-refractivity contribution in [2.45, 2.75) is 31.1 Å². The number of rotatable bonds is 7. The third-order valence-corrected chi connectivity index (χ3v) is 5.00. The molecule has 0 bridgehead atoms. The van der Waals surface area contributed by atoms with Crippen molar-refractivity contribution in [3.05, 3.63) is 35.9 Å². The van der Waals surface area contributed by atoms with Crippen LogP contribution >= 0.6 is 0 Å². The molecule has 1 aromatic rings. The van der Waals surface area contributed by atoms with Gasteiger partial charge in [0.25, 0.3) is 0 Å². The fourth-order valence-electron chi connectivity index (χ4n) is 2.01. The molecule has 1 saturated carbocycles. The van der Waals surface area contributed by atoms with Crippen molar-refractivity contribution in [1.82, 2.24) is 4.31 Å². The molecular weight excluding hydrogens is 262 g/mol. The second-order valence-corrected chi connectivity index (χ2v) is 6.78. The first-order chi connectivity index (χ1) is 8.99. The lowest BCUT2D eigenvalue weighted by atomic mass is 10.2. The van der Waals surface area contributed by atoms with E-state index < -0.39 is 10.0 Å². The van der Waals surface area contributed by atoms with Crippen LogP contribution in [0.25, 0.3) is 0 Å². The van der Waals surface area contributed by atoms with Gasteiger partial charge in [0.1, 0.15) is 0 Å². The Kier molecular flexibility index (Phi) is 4.21. The third-order valence-electron chi connectivity index (χ3n) is 3.10. The van der Waals surface area contributed by atoms with Crippen LogP contribution in [0.3, 0.4) is 0 Å². The Hall–Kier alpha value is -1.40. The summed E-state index contributed by atoms with van der Waals surface area (Å²) >= 11 is 0. The van der Waals surface area contributed by atoms with E-state index >= 15 is 0 Å². The summed E-state index contributed by atoms with van der Waals surface area (Å²) in [7, 11) is -3.33. The van der Waals surface area contributed by atoms with Crippen LogP contribution in [0.5, 0.6) is 0 Å². The number of amidine groups is 1. The maximum atomic E-state index is 12.4. The van der Waals surface area contributed by atoms with Crippen LogP contribution in [0.2, 0.25) is 0 Å². The highest BCUT2D eigenvalue weighted by molar-refractivity contribution is 7.88. The molecule has 1 aliphatic carbocycles. The Balaban J connectivity index is 2.08. The average molecular weight is 281 g/mol. The molecule has 5 nitrogen and oxygen atoms in total. The first-order valence-corrected chi connectivity index (χ1v) is 7.96. The highest BCUT2D eigenvalue weighted by atomic mass is 32.2. The lowest BCUT2D eigenvalue weighted by Gasteiger charge is -2.21. The molecular formula is C13H19N3O2S. The fourth-order valence-corrected chi connectivity index (χ4v) is 3.82. The van der Waals surface area contributed by atoms with Crippen LogP contribution in [-0.2, 0) is 15.8 Å². The first kappa shape index (κ1) is 14.0. The molecule has 6 heteroatoms. The maximum absolute atomic E-state index is 12.4. The summed E-state index contributed by atoms with van der Waals surface area (Å²) in [5, 5.41) is 7.23. The SMILES string of the molecule is N=C(N)CCN(C1CC1)S(=O)(=O)Cc1ccccc1. The van der Waals surface area contributed by atoms with Crippen LogP contribution in [-0.4, -0.2) is 31.1 Å². The molecule has 19 heavy (non-hydrogen) atoms. The molecule has 0 radical (unpaired) electrons. The normalized spacial score (nSPS) is 15.6. The van der Waals surface area contributed by atoms with Gasteiger partial charge in [-0.3, -0.25) is 5.41 Å². The minimum absolute atomic E-state index is 0.0161. The summed E-state index contributed by atoms with van der Waals surface area (Å²) in [5.41, 5.74) is 6.11. The third kappa shape index (κ3) is 4.04. The molecule has 0 aromatic heterocycles. The Morgan fingerprint density at radius 1 is 1.32 bits per heavy atom. The van der Waals surface area contributed by atoms with Gasteiger partial charge >= 0.3 is 0 Å². The van der Waals surface area contributed by atoms with E-state index in [4.69, 9.17) is 11.1 Å². The Labute approximate surface area is 114 Å². The van der Waals surface area contributed by atoms with E-state index in [1.54, 1.807) is 0 Å². The van der Waals surface area contributed by atoms with Crippen LogP contribution in [0, 0.1) is 5.41 Å². The highest BCUT2D eigenvalue weighted by Gasteiger charge is 2.36. The van der Waals surface area contributed by atoms with Crippen molar-refractivity contribution in [3.8, 4) is 0 Å². The van der Waals surface area contributed by atoms with Crippen LogP contribution in [0.1, 0.15) is 24.8 Å². The van der Waals surface area contributed by atoms with Crippen molar-refractivity contribution in [2.75, 3.05) is 6.54 Å². The van der Waals surface area contributed by atoms with Gasteiger partial charge in [-0.15, -0.1) is 0 Å². The predicted octanol–water partition coefficient (Wildman–Crippen LogP) is 1.31. The van der Waals surface area contributed by atoms with Gasteiger partial charge in [-0.2, -0.15) is 4.31 Å². The largest absolute Gasteiger partial charge is 0.388 e. The van der Waals surface area contributed by atoms with E-state index in [-0.39, 0.29) is 17.6 Å². The van der Waals surface area contributed by atoms with Gasteiger partial charge in [0.15, 0.2) is 0 Å². The molecule has 104 valence electrons. The van der Waals surface area contributed by atoms with Crippen LogP contribution in [0.15, 0.2) is 30.3 Å². The number of benzene rings is 1. The summed E-state index contributed by atoms with van der Waals surface area (Å²) in [6, 6.07) is 9.27. The maximum Gasteiger partial charge on any atom is 0.218 e. The van der Waals surface area contributed by atoms with Crippen LogP contribution in [0.4, 0.5) is 0 Å². The number of sulfonamides is 1. The van der Waals surface area contributed by atoms with Crippen molar-refractivity contribution in [1.29, 1.82) is 5.41 Å². The number of nitrogens with two attached hydrogens (primary N) is 1. The van der Waals surface area contributed by atoms with Crippen molar-refractivity contribution in [2.24, 2.45) is 5.73 Å². The Bertz CT molecular complexity index is 538. The topological polar surface area (TPSA) is 87.2 Å². The smallest absolute Gasteiger partial charge is 0.218 e. The lowest BCUT2D eigenvalue weighted by Crippen LogP contribution is -2.36. The van der Waals surface area contributed by atoms with Gasteiger partial charge < -0.3 is 5.73 Å². The van der Waals surface area contributed by atoms with Crippen molar-refractivity contribution in [3.63, 3.8) is 0 Å². The highest BCUT2D eigenvalue weighted by Crippen LogP contribution is 2.30. The predicted molar refractivity (Wildman–Crippen MR) is 75.3 cm³/mol. The molecule has 1 aliphatic rings. The molecule has 0 spiro atoms. The second-order valence-electron chi connectivity index (χ2n) is 4.86. The van der Waals surface area contributed by atoms with E-state index in [0.29, 0.717) is 13.0 Å². The van der Waals surface area contributed by atoms with E-state index in [0.717, 1.165) is 18.4 Å². The molecule has 1 aromatic carbocycles. The molecule has 0 heterocycles. The molecule has 0 unspecified atom stereocenters. The fraction of sp³-hybridized carbons (Fsp3) is 0.462. The van der Waals surface area contributed by atoms with Crippen molar-refractivity contribution >= 4 is 15.9 Å². The van der Waals surface area contributed by atoms with Gasteiger partial charge in [-0.1, -0.05) is 30.3 Å². The van der Waals surface area contributed by atoms with E-state index in [9.17, 15) is 8.42 Å². The zero-order valence-electron chi connectivity index (χ0n) is 10.7. The zero-order valence-corrected chi connectivity index (χ0v) is 11.6. The van der Waals surface area contributed by atoms with E-state index in [2.05, 4.69) is 0 Å². The number of nitrogens with one attached hydrogen (secondary N) is 1. The molecule has 0 saturated heterocycles. The number of nitrogens with zero attached hydrogens (tertiary/aromatic N) is 1. The molecule has 0 amide bonds. The standard InChI is InChI=1S/C13H19N3O2S/c14-13(15)8-9-16(12-6-7-12)19(17,18)10-11-4-2-1-3-5-11/h1-5,12H,6-10H2,(H3,14,15). The minimum atomic E-state index is -3.33. The minimum Gasteiger partial charge on any atom is -0.388 e. The summed E-state index contributed by atoms with van der Waals surface area (Å²) in [6.07, 6.45) is 2.11. The summed E-state index contributed by atoms with van der Waals surface area (Å²) in [4.78, 5) is 0. The second kappa shape index (κ2) is 5.71. The monoisotopic (exact) mass is 281 g/mol. The summed E-state index contributed by atoms with van der Waals surface area (Å²) in [5.74, 6) is 0.0444. The zero-order chi connectivity index (χ0) is 13.9. The van der Waals surface area contributed by atoms with Gasteiger partial charge in [0.05, 0.1) is 11.6 Å². The van der Waals surface area contributed by atoms with Crippen LogP contribution < -0.4 is 5.73 Å². The molecule has 0 aliphatic heterocycles. The summed E-state index contributed by atoms with van der Waals surface area (Å²) < 4.78 is 26.3. The quantitative estimate of drug-likeness (QED) is 0.583. The Morgan fingerprint density at radius 2 is 1.95 bits per heavy atom. The molecule has 0 atom stereocenters. The van der Waals surface area contributed by atoms with Gasteiger partial charge in [0, 0.05) is 19.0 Å². The van der Waals surface area contributed by atoms with E-state index in [1.165, 1.54) is 4.31 Å².